The molecule has 4 atom stereocenters. The molecule has 3 aromatic rings. The van der Waals surface area contributed by atoms with E-state index in [4.69, 9.17) is 14.2 Å². The Hall–Kier alpha value is -3.67. The molecule has 5 N–H and O–H groups in total. The average Bonchev–Trinajstić information content (AvgIpc) is 3.71. The van der Waals surface area contributed by atoms with E-state index in [1.165, 1.54) is 50.9 Å². The van der Waals surface area contributed by atoms with Gasteiger partial charge in [0.05, 0.1) is 44.6 Å². The minimum atomic E-state index is -0.945. The molecule has 51 heavy (non-hydrogen) atoms. The molecule has 3 saturated heterocycles. The lowest BCUT2D eigenvalue weighted by molar-refractivity contribution is -0.946. The normalized spacial score (nSPS) is 25.4. The third-order valence-electron chi connectivity index (χ3n) is 12.0. The van der Waals surface area contributed by atoms with Crippen LogP contribution in [0, 0.1) is 11.8 Å². The summed E-state index contributed by atoms with van der Waals surface area (Å²) in [5, 5.41) is 39.1. The van der Waals surface area contributed by atoms with E-state index in [1.54, 1.807) is 0 Å². The fraction of sp³-hybridized carbons (Fsp3) is 0.537. The minimum Gasteiger partial charge on any atom is -0.508 e. The van der Waals surface area contributed by atoms with Gasteiger partial charge in [-0.3, -0.25) is 4.79 Å². The number of carbonyl (C=O) groups is 1. The molecule has 1 aliphatic carbocycles. The molecular formula is C41H54N3O7+. The van der Waals surface area contributed by atoms with Gasteiger partial charge in [-0.25, -0.2) is 0 Å². The number of carbonyl (C=O) groups excluding carboxylic acids is 1. The molecule has 2 bridgehead atoms. The minimum absolute atomic E-state index is 0.0442. The summed E-state index contributed by atoms with van der Waals surface area (Å²) in [7, 11) is 0. The highest BCUT2D eigenvalue weighted by Crippen LogP contribution is 2.43. The van der Waals surface area contributed by atoms with E-state index < -0.39 is 11.7 Å². The summed E-state index contributed by atoms with van der Waals surface area (Å²) in [5.41, 5.74) is 1.91. The number of anilines is 1. The van der Waals surface area contributed by atoms with Crippen LogP contribution < -0.4 is 20.1 Å². The van der Waals surface area contributed by atoms with Crippen LogP contribution in [0.4, 0.5) is 5.69 Å². The number of piperidine rings is 3. The highest BCUT2D eigenvalue weighted by molar-refractivity contribution is 5.96. The molecule has 4 aliphatic heterocycles. The lowest BCUT2D eigenvalue weighted by Gasteiger charge is -2.53. The third kappa shape index (κ3) is 8.05. The van der Waals surface area contributed by atoms with Crippen molar-refractivity contribution in [3.63, 3.8) is 0 Å². The van der Waals surface area contributed by atoms with Crippen molar-refractivity contribution in [3.8, 4) is 17.2 Å². The van der Waals surface area contributed by atoms with Gasteiger partial charge in [0.1, 0.15) is 35.5 Å². The first-order valence-corrected chi connectivity index (χ1v) is 18.9. The molecule has 8 rings (SSSR count). The van der Waals surface area contributed by atoms with Crippen molar-refractivity contribution in [3.05, 3.63) is 83.4 Å². The summed E-state index contributed by atoms with van der Waals surface area (Å²) in [4.78, 5) is 11.7. The molecular weight excluding hydrogens is 646 g/mol. The number of hydrogen-bond donors (Lipinski definition) is 5. The van der Waals surface area contributed by atoms with E-state index in [-0.39, 0.29) is 42.9 Å². The number of aliphatic hydroxyl groups excluding tert-OH is 1. The maximum atomic E-state index is 12.0. The Labute approximate surface area is 301 Å². The third-order valence-corrected chi connectivity index (χ3v) is 12.0. The smallest absolute Gasteiger partial charge is 0.262 e. The number of phenols is 1. The number of nitrogens with zero attached hydrogens (tertiary/aromatic N) is 1. The van der Waals surface area contributed by atoms with Gasteiger partial charge in [-0.1, -0.05) is 55.3 Å². The number of nitrogens with one attached hydrogen (secondary N) is 2. The van der Waals surface area contributed by atoms with E-state index in [0.29, 0.717) is 36.1 Å². The molecule has 1 amide bonds. The number of benzene rings is 3. The highest BCUT2D eigenvalue weighted by Gasteiger charge is 2.48. The summed E-state index contributed by atoms with van der Waals surface area (Å²) >= 11 is 0. The standard InChI is InChI=1S/C41H53N3O7/c1-28(42-24-37(46)35-22-33(45)23-36-40(35)50-26-39(47)43-36)29-12-14-34(15-13-29)49-21-7-18-44-19-16-30(17-20-44)38(25-44)51-27-41(48,32-10-5-6-11-32)31-8-3-2-4-9-31/h2-4,8-9,12-15,22-23,28,30,32,37-38,42,46,48H,5-7,10-11,16-21,24-27H2,1H3,(H-,43,45,47)/p+1/t28?,30?,37-,38-,41+,44?/m0/s1. The fourth-order valence-corrected chi connectivity index (χ4v) is 8.95. The topological polar surface area (TPSA) is 130 Å². The summed E-state index contributed by atoms with van der Waals surface area (Å²) in [5.74, 6) is 1.70. The molecule has 4 heterocycles. The number of quaternary nitrogens is 1. The predicted octanol–water partition coefficient (Wildman–Crippen LogP) is 5.58. The van der Waals surface area contributed by atoms with Crippen molar-refractivity contribution >= 4 is 11.6 Å². The van der Waals surface area contributed by atoms with Crippen molar-refractivity contribution in [1.82, 2.24) is 5.32 Å². The van der Waals surface area contributed by atoms with E-state index >= 15 is 0 Å². The van der Waals surface area contributed by atoms with Crippen molar-refractivity contribution < 1.29 is 38.8 Å². The molecule has 1 unspecified atom stereocenters. The molecule has 0 aromatic heterocycles. The number of aliphatic hydroxyl groups is 2. The van der Waals surface area contributed by atoms with E-state index in [9.17, 15) is 20.1 Å². The first kappa shape index (κ1) is 35.7. The number of ether oxygens (including phenoxy) is 3. The predicted molar refractivity (Wildman–Crippen MR) is 195 cm³/mol. The number of amides is 1. The number of aromatic hydroxyl groups is 1. The second-order valence-electron chi connectivity index (χ2n) is 15.3. The van der Waals surface area contributed by atoms with Crippen molar-refractivity contribution in [2.75, 3.05) is 57.9 Å². The zero-order chi connectivity index (χ0) is 35.4. The zero-order valence-electron chi connectivity index (χ0n) is 29.8. The summed E-state index contributed by atoms with van der Waals surface area (Å²) < 4.78 is 19.5. The Kier molecular flexibility index (Phi) is 10.9. The van der Waals surface area contributed by atoms with Crippen LogP contribution in [0.15, 0.2) is 66.7 Å². The van der Waals surface area contributed by atoms with E-state index in [0.717, 1.165) is 53.7 Å². The average molecular weight is 701 g/mol. The SMILES string of the molecule is CC(NC[C@H](O)c1cc(O)cc2c1OCC(=O)N2)c1ccc(OCCC[N+]23CCC(CC2)[C@@H](OC[C@@](O)(c2ccccc2)C2CCCC2)C3)cc1. The molecule has 10 heteroatoms. The largest absolute Gasteiger partial charge is 0.508 e. The van der Waals surface area contributed by atoms with Crippen LogP contribution in [0.3, 0.4) is 0 Å². The highest BCUT2D eigenvalue weighted by atomic mass is 16.5. The van der Waals surface area contributed by atoms with Crippen molar-refractivity contribution in [1.29, 1.82) is 0 Å². The van der Waals surface area contributed by atoms with E-state index in [1.807, 2.05) is 49.4 Å². The molecule has 1 saturated carbocycles. The van der Waals surface area contributed by atoms with Crippen molar-refractivity contribution in [2.45, 2.75) is 75.7 Å². The van der Waals surface area contributed by atoms with Crippen LogP contribution in [0.5, 0.6) is 17.2 Å². The van der Waals surface area contributed by atoms with Gasteiger partial charge in [0.2, 0.25) is 0 Å². The van der Waals surface area contributed by atoms with Gasteiger partial charge < -0.3 is 44.6 Å². The van der Waals surface area contributed by atoms with Crippen LogP contribution in [-0.4, -0.2) is 84.4 Å². The molecule has 3 aromatic carbocycles. The Balaban J connectivity index is 0.868. The quantitative estimate of drug-likeness (QED) is 0.103. The summed E-state index contributed by atoms with van der Waals surface area (Å²) in [6.45, 7) is 7.64. The van der Waals surface area contributed by atoms with Gasteiger partial charge in [-0.15, -0.1) is 0 Å². The Morgan fingerprint density at radius 2 is 1.78 bits per heavy atom. The lowest BCUT2D eigenvalue weighted by Crippen LogP contribution is -2.65. The van der Waals surface area contributed by atoms with Gasteiger partial charge in [-0.05, 0) is 55.0 Å². The maximum absolute atomic E-state index is 12.0. The van der Waals surface area contributed by atoms with Crippen LogP contribution in [0.25, 0.3) is 0 Å². The van der Waals surface area contributed by atoms with E-state index in [2.05, 4.69) is 22.8 Å². The molecule has 0 spiro atoms. The van der Waals surface area contributed by atoms with Crippen LogP contribution in [0.2, 0.25) is 0 Å². The van der Waals surface area contributed by atoms with Gasteiger partial charge in [0.25, 0.3) is 5.91 Å². The van der Waals surface area contributed by atoms with Crippen LogP contribution >= 0.6 is 0 Å². The number of fused-ring (bicyclic) bond motifs is 4. The van der Waals surface area contributed by atoms with Gasteiger partial charge >= 0.3 is 0 Å². The summed E-state index contributed by atoms with van der Waals surface area (Å²) in [6, 6.07) is 21.1. The molecule has 10 nitrogen and oxygen atoms in total. The first-order valence-electron chi connectivity index (χ1n) is 18.9. The molecule has 0 radical (unpaired) electrons. The molecule has 5 aliphatic rings. The first-order chi connectivity index (χ1) is 24.7. The lowest BCUT2D eigenvalue weighted by atomic mass is 9.80. The molecule has 4 fully saturated rings. The zero-order valence-corrected chi connectivity index (χ0v) is 29.8. The van der Waals surface area contributed by atoms with Crippen LogP contribution in [-0.2, 0) is 15.1 Å². The summed E-state index contributed by atoms with van der Waals surface area (Å²) in [6.07, 6.45) is 7.08. The maximum Gasteiger partial charge on any atom is 0.262 e. The van der Waals surface area contributed by atoms with Crippen molar-refractivity contribution in [2.24, 2.45) is 11.8 Å². The van der Waals surface area contributed by atoms with Gasteiger partial charge in [-0.2, -0.15) is 0 Å². The second kappa shape index (κ2) is 15.5. The monoisotopic (exact) mass is 700 g/mol. The number of hydrogen-bond acceptors (Lipinski definition) is 8. The van der Waals surface area contributed by atoms with Gasteiger partial charge in [0, 0.05) is 49.4 Å². The fourth-order valence-electron chi connectivity index (χ4n) is 8.95. The molecule has 274 valence electrons. The Morgan fingerprint density at radius 1 is 1.04 bits per heavy atom. The number of phenolic OH excluding ortho intramolecular Hbond substituents is 1. The number of rotatable bonds is 15. The van der Waals surface area contributed by atoms with Gasteiger partial charge in [0.15, 0.2) is 6.61 Å². The second-order valence-corrected chi connectivity index (χ2v) is 15.3. The Morgan fingerprint density at radius 3 is 2.53 bits per heavy atom. The Bertz CT molecular complexity index is 1620. The van der Waals surface area contributed by atoms with Crippen LogP contribution in [0.1, 0.15) is 80.7 Å².